The van der Waals surface area contributed by atoms with Crippen LogP contribution >= 0.6 is 0 Å². The first-order valence-corrected chi connectivity index (χ1v) is 5.36. The van der Waals surface area contributed by atoms with Gasteiger partial charge in [0, 0.05) is 13.1 Å². The molecule has 0 aromatic heterocycles. The van der Waals surface area contributed by atoms with Gasteiger partial charge in [-0.05, 0) is 24.7 Å². The van der Waals surface area contributed by atoms with Gasteiger partial charge >= 0.3 is 0 Å². The summed E-state index contributed by atoms with van der Waals surface area (Å²) in [4.78, 5) is 2.19. The molecule has 1 aliphatic heterocycles. The van der Waals surface area contributed by atoms with Crippen LogP contribution in [0.15, 0.2) is 18.2 Å². The predicted octanol–water partition coefficient (Wildman–Crippen LogP) is 0.880. The molecule has 1 N–H and O–H groups in total. The standard InChI is InChI=1S/C12H17NO3/c1-13-6-10(7-13)16-12-5-9(8-14)3-4-11(12)15-2/h3-5,10,14H,6-8H2,1-2H3. The van der Waals surface area contributed by atoms with E-state index in [9.17, 15) is 0 Å². The minimum atomic E-state index is 0.0188. The Labute approximate surface area is 95.4 Å². The van der Waals surface area contributed by atoms with Crippen LogP contribution in [0, 0.1) is 0 Å². The lowest BCUT2D eigenvalue weighted by Gasteiger charge is -2.36. The van der Waals surface area contributed by atoms with Gasteiger partial charge in [-0.1, -0.05) is 6.07 Å². The van der Waals surface area contributed by atoms with E-state index in [-0.39, 0.29) is 12.7 Å². The maximum Gasteiger partial charge on any atom is 0.162 e. The second kappa shape index (κ2) is 4.72. The number of aliphatic hydroxyl groups excluding tert-OH is 1. The fourth-order valence-corrected chi connectivity index (χ4v) is 1.81. The van der Waals surface area contributed by atoms with Gasteiger partial charge in [0.15, 0.2) is 11.5 Å². The molecule has 0 aliphatic carbocycles. The lowest BCUT2D eigenvalue weighted by Crippen LogP contribution is -2.51. The monoisotopic (exact) mass is 223 g/mol. The fourth-order valence-electron chi connectivity index (χ4n) is 1.81. The van der Waals surface area contributed by atoms with Crippen molar-refractivity contribution >= 4 is 0 Å². The minimum Gasteiger partial charge on any atom is -0.493 e. The van der Waals surface area contributed by atoms with Crippen LogP contribution in [0.5, 0.6) is 11.5 Å². The molecular weight excluding hydrogens is 206 g/mol. The normalized spacial score (nSPS) is 16.9. The summed E-state index contributed by atoms with van der Waals surface area (Å²) in [6.45, 7) is 1.89. The van der Waals surface area contributed by atoms with E-state index >= 15 is 0 Å². The molecule has 1 fully saturated rings. The van der Waals surface area contributed by atoms with E-state index < -0.39 is 0 Å². The first kappa shape index (κ1) is 11.2. The van der Waals surface area contributed by atoms with Gasteiger partial charge in [-0.25, -0.2) is 0 Å². The molecule has 1 aromatic rings. The van der Waals surface area contributed by atoms with E-state index in [1.807, 2.05) is 18.2 Å². The number of hydrogen-bond acceptors (Lipinski definition) is 4. The number of benzene rings is 1. The van der Waals surface area contributed by atoms with E-state index in [1.165, 1.54) is 0 Å². The highest BCUT2D eigenvalue weighted by atomic mass is 16.5. The first-order valence-electron chi connectivity index (χ1n) is 5.36. The number of ether oxygens (including phenoxy) is 2. The molecule has 0 unspecified atom stereocenters. The molecule has 0 amide bonds. The van der Waals surface area contributed by atoms with E-state index in [4.69, 9.17) is 14.6 Å². The van der Waals surface area contributed by atoms with E-state index in [2.05, 4.69) is 11.9 Å². The number of methoxy groups -OCH3 is 1. The van der Waals surface area contributed by atoms with E-state index in [1.54, 1.807) is 7.11 Å². The van der Waals surface area contributed by atoms with Gasteiger partial charge in [-0.2, -0.15) is 0 Å². The van der Waals surface area contributed by atoms with Crippen molar-refractivity contribution in [3.63, 3.8) is 0 Å². The molecule has 0 radical (unpaired) electrons. The summed E-state index contributed by atoms with van der Waals surface area (Å²) in [6.07, 6.45) is 0.229. The Morgan fingerprint density at radius 3 is 2.69 bits per heavy atom. The minimum absolute atomic E-state index is 0.0188. The van der Waals surface area contributed by atoms with Gasteiger partial charge < -0.3 is 14.6 Å². The Balaban J connectivity index is 2.10. The second-order valence-corrected chi connectivity index (χ2v) is 4.10. The van der Waals surface area contributed by atoms with Crippen LogP contribution in [0.2, 0.25) is 0 Å². The van der Waals surface area contributed by atoms with Gasteiger partial charge in [0.05, 0.1) is 13.7 Å². The zero-order valence-electron chi connectivity index (χ0n) is 9.64. The zero-order valence-corrected chi connectivity index (χ0v) is 9.64. The molecule has 4 heteroatoms. The number of likely N-dealkylation sites (tertiary alicyclic amines) is 1. The summed E-state index contributed by atoms with van der Waals surface area (Å²) in [5.41, 5.74) is 0.837. The Morgan fingerprint density at radius 2 is 2.12 bits per heavy atom. The van der Waals surface area contributed by atoms with Crippen molar-refractivity contribution in [3.05, 3.63) is 23.8 Å². The van der Waals surface area contributed by atoms with Crippen molar-refractivity contribution in [3.8, 4) is 11.5 Å². The summed E-state index contributed by atoms with van der Waals surface area (Å²) in [6, 6.07) is 5.49. The van der Waals surface area contributed by atoms with Gasteiger partial charge in [-0.3, -0.25) is 4.90 Å². The highest BCUT2D eigenvalue weighted by Crippen LogP contribution is 2.30. The van der Waals surface area contributed by atoms with E-state index in [0.29, 0.717) is 11.5 Å². The molecule has 1 aromatic carbocycles. The molecule has 0 atom stereocenters. The third kappa shape index (κ3) is 2.28. The van der Waals surface area contributed by atoms with Crippen molar-refractivity contribution < 1.29 is 14.6 Å². The quantitative estimate of drug-likeness (QED) is 0.822. The average molecular weight is 223 g/mol. The topological polar surface area (TPSA) is 41.9 Å². The average Bonchev–Trinajstić information content (AvgIpc) is 2.27. The lowest BCUT2D eigenvalue weighted by atomic mass is 10.1. The largest absolute Gasteiger partial charge is 0.493 e. The van der Waals surface area contributed by atoms with Gasteiger partial charge in [0.2, 0.25) is 0 Å². The molecule has 0 saturated carbocycles. The molecule has 4 nitrogen and oxygen atoms in total. The molecule has 0 bridgehead atoms. The zero-order chi connectivity index (χ0) is 11.5. The van der Waals surface area contributed by atoms with E-state index in [0.717, 1.165) is 18.7 Å². The molecule has 1 saturated heterocycles. The number of rotatable bonds is 4. The lowest BCUT2D eigenvalue weighted by molar-refractivity contribution is 0.0368. The highest BCUT2D eigenvalue weighted by Gasteiger charge is 2.25. The van der Waals surface area contributed by atoms with Crippen molar-refractivity contribution in [2.24, 2.45) is 0 Å². The number of likely N-dealkylation sites (N-methyl/N-ethyl adjacent to an activating group) is 1. The van der Waals surface area contributed by atoms with Gasteiger partial charge in [0.1, 0.15) is 6.10 Å². The highest BCUT2D eigenvalue weighted by molar-refractivity contribution is 5.43. The predicted molar refractivity (Wildman–Crippen MR) is 60.8 cm³/mol. The van der Waals surface area contributed by atoms with Crippen molar-refractivity contribution in [1.29, 1.82) is 0 Å². The Morgan fingerprint density at radius 1 is 1.38 bits per heavy atom. The number of nitrogens with zero attached hydrogens (tertiary/aromatic N) is 1. The third-order valence-electron chi connectivity index (χ3n) is 2.73. The molecule has 1 aliphatic rings. The summed E-state index contributed by atoms with van der Waals surface area (Å²) >= 11 is 0. The Hall–Kier alpha value is -1.26. The summed E-state index contributed by atoms with van der Waals surface area (Å²) in [5.74, 6) is 1.43. The molecule has 2 rings (SSSR count). The third-order valence-corrected chi connectivity index (χ3v) is 2.73. The summed E-state index contributed by atoms with van der Waals surface area (Å²) in [5, 5.41) is 9.07. The SMILES string of the molecule is COc1ccc(CO)cc1OC1CN(C)C1. The van der Waals surface area contributed by atoms with Crippen LogP contribution in [-0.4, -0.2) is 43.4 Å². The van der Waals surface area contributed by atoms with Crippen molar-refractivity contribution in [1.82, 2.24) is 4.90 Å². The van der Waals surface area contributed by atoms with Crippen LogP contribution in [0.4, 0.5) is 0 Å². The fraction of sp³-hybridized carbons (Fsp3) is 0.500. The molecule has 88 valence electrons. The maximum atomic E-state index is 9.07. The number of hydrogen-bond donors (Lipinski definition) is 1. The maximum absolute atomic E-state index is 9.07. The smallest absolute Gasteiger partial charge is 0.162 e. The summed E-state index contributed by atoms with van der Waals surface area (Å²) in [7, 11) is 3.68. The van der Waals surface area contributed by atoms with Crippen LogP contribution in [0.25, 0.3) is 0 Å². The molecule has 0 spiro atoms. The van der Waals surface area contributed by atoms with Crippen molar-refractivity contribution in [2.75, 3.05) is 27.2 Å². The molecule has 16 heavy (non-hydrogen) atoms. The number of aliphatic hydroxyl groups is 1. The van der Waals surface area contributed by atoms with Crippen LogP contribution in [0.1, 0.15) is 5.56 Å². The Kier molecular flexibility index (Phi) is 3.31. The second-order valence-electron chi connectivity index (χ2n) is 4.10. The first-order chi connectivity index (χ1) is 7.72. The molecular formula is C12H17NO3. The summed E-state index contributed by atoms with van der Waals surface area (Å²) < 4.78 is 11.0. The van der Waals surface area contributed by atoms with Crippen LogP contribution in [0.3, 0.4) is 0 Å². The molecule has 1 heterocycles. The Bertz CT molecular complexity index is 361. The van der Waals surface area contributed by atoms with Crippen LogP contribution in [-0.2, 0) is 6.61 Å². The van der Waals surface area contributed by atoms with Crippen LogP contribution < -0.4 is 9.47 Å². The van der Waals surface area contributed by atoms with Gasteiger partial charge in [-0.15, -0.1) is 0 Å². The van der Waals surface area contributed by atoms with Crippen molar-refractivity contribution in [2.45, 2.75) is 12.7 Å². The van der Waals surface area contributed by atoms with Gasteiger partial charge in [0.25, 0.3) is 0 Å².